The van der Waals surface area contributed by atoms with Gasteiger partial charge >= 0.3 is 0 Å². The molecule has 3 nitrogen and oxygen atoms in total. The van der Waals surface area contributed by atoms with Gasteiger partial charge in [-0.1, -0.05) is 13.8 Å². The summed E-state index contributed by atoms with van der Waals surface area (Å²) < 4.78 is 3.03. The summed E-state index contributed by atoms with van der Waals surface area (Å²) in [6, 6.07) is -0.00931. The van der Waals surface area contributed by atoms with Crippen molar-refractivity contribution in [1.29, 1.82) is 0 Å². The highest BCUT2D eigenvalue weighted by molar-refractivity contribution is 9.10. The van der Waals surface area contributed by atoms with Gasteiger partial charge in [0.2, 0.25) is 0 Å². The summed E-state index contributed by atoms with van der Waals surface area (Å²) in [5.74, 6) is 1.38. The number of nitrogens with zero attached hydrogens (tertiary/aromatic N) is 2. The Morgan fingerprint density at radius 3 is 2.93 bits per heavy atom. The summed E-state index contributed by atoms with van der Waals surface area (Å²) in [5.41, 5.74) is 1.18. The van der Waals surface area contributed by atoms with E-state index in [1.54, 1.807) is 0 Å². The van der Waals surface area contributed by atoms with Crippen molar-refractivity contribution in [1.82, 2.24) is 9.55 Å². The van der Waals surface area contributed by atoms with E-state index in [1.165, 1.54) is 5.69 Å². The van der Waals surface area contributed by atoms with E-state index in [0.29, 0.717) is 5.92 Å². The van der Waals surface area contributed by atoms with Crippen molar-refractivity contribution in [3.63, 3.8) is 0 Å². The van der Waals surface area contributed by atoms with Gasteiger partial charge in [-0.2, -0.15) is 0 Å². The van der Waals surface area contributed by atoms with Crippen LogP contribution in [0.2, 0.25) is 0 Å². The van der Waals surface area contributed by atoms with Crippen LogP contribution in [-0.4, -0.2) is 15.8 Å². The van der Waals surface area contributed by atoms with Gasteiger partial charge in [0.1, 0.15) is 16.7 Å². The molecular formula is C11H15BrN2O. The summed E-state index contributed by atoms with van der Waals surface area (Å²) >= 11 is 3.48. The number of carbonyl (C=O) groups is 1. The summed E-state index contributed by atoms with van der Waals surface area (Å²) in [5, 5.41) is 0. The van der Waals surface area contributed by atoms with Crippen LogP contribution in [0, 0.1) is 0 Å². The molecule has 0 bridgehead atoms. The number of aromatic nitrogens is 2. The maximum absolute atomic E-state index is 11.0. The van der Waals surface area contributed by atoms with Crippen LogP contribution in [-0.2, 0) is 11.2 Å². The van der Waals surface area contributed by atoms with Crippen molar-refractivity contribution < 1.29 is 4.79 Å². The second kappa shape index (κ2) is 4.08. The van der Waals surface area contributed by atoms with Gasteiger partial charge < -0.3 is 9.36 Å². The minimum absolute atomic E-state index is 0.00931. The molecule has 0 spiro atoms. The number of hydrogen-bond donors (Lipinski definition) is 0. The van der Waals surface area contributed by atoms with Gasteiger partial charge in [0.25, 0.3) is 0 Å². The molecule has 0 fully saturated rings. The first-order valence-electron chi connectivity index (χ1n) is 5.37. The molecule has 1 aliphatic heterocycles. The topological polar surface area (TPSA) is 34.9 Å². The van der Waals surface area contributed by atoms with Crippen LogP contribution in [0.3, 0.4) is 0 Å². The zero-order valence-electron chi connectivity index (χ0n) is 9.03. The predicted molar refractivity (Wildman–Crippen MR) is 62.1 cm³/mol. The number of aldehydes is 1. The van der Waals surface area contributed by atoms with Crippen LogP contribution in [0.1, 0.15) is 50.2 Å². The summed E-state index contributed by atoms with van der Waals surface area (Å²) in [6.45, 7) is 4.22. The highest BCUT2D eigenvalue weighted by Crippen LogP contribution is 2.32. The fourth-order valence-corrected chi connectivity index (χ4v) is 2.77. The van der Waals surface area contributed by atoms with E-state index in [1.807, 2.05) is 0 Å². The molecular weight excluding hydrogens is 256 g/mol. The van der Waals surface area contributed by atoms with Gasteiger partial charge in [-0.05, 0) is 35.2 Å². The maximum Gasteiger partial charge on any atom is 0.142 e. The Hall–Kier alpha value is -0.640. The number of carbonyl (C=O) groups excluding carboxylic acids is 1. The quantitative estimate of drug-likeness (QED) is 0.775. The first kappa shape index (κ1) is 10.9. The van der Waals surface area contributed by atoms with Crippen molar-refractivity contribution >= 4 is 22.2 Å². The maximum atomic E-state index is 11.0. The van der Waals surface area contributed by atoms with Gasteiger partial charge in [0.05, 0.1) is 11.7 Å². The van der Waals surface area contributed by atoms with Crippen LogP contribution < -0.4 is 0 Å². The zero-order chi connectivity index (χ0) is 11.0. The molecule has 0 aliphatic carbocycles. The fourth-order valence-electron chi connectivity index (χ4n) is 2.19. The summed E-state index contributed by atoms with van der Waals surface area (Å²) in [4.78, 5) is 15.6. The third-order valence-corrected chi connectivity index (χ3v) is 3.54. The first-order valence-corrected chi connectivity index (χ1v) is 6.16. The molecule has 2 heterocycles. The van der Waals surface area contributed by atoms with Crippen LogP contribution in [0.15, 0.2) is 4.60 Å². The minimum atomic E-state index is -0.00931. The normalized spacial score (nSPS) is 20.4. The molecule has 1 aliphatic rings. The third-order valence-electron chi connectivity index (χ3n) is 2.91. The lowest BCUT2D eigenvalue weighted by Gasteiger charge is -2.24. The minimum Gasteiger partial charge on any atom is -0.320 e. The number of rotatable bonds is 2. The van der Waals surface area contributed by atoms with E-state index in [2.05, 4.69) is 39.3 Å². The average molecular weight is 271 g/mol. The monoisotopic (exact) mass is 270 g/mol. The van der Waals surface area contributed by atoms with Gasteiger partial charge in [0.15, 0.2) is 0 Å². The molecule has 0 aromatic carbocycles. The molecule has 0 saturated heterocycles. The lowest BCUT2D eigenvalue weighted by Crippen LogP contribution is -2.21. The van der Waals surface area contributed by atoms with Crippen molar-refractivity contribution in [3.8, 4) is 0 Å². The average Bonchev–Trinajstić information content (AvgIpc) is 2.56. The largest absolute Gasteiger partial charge is 0.320 e. The Labute approximate surface area is 98.0 Å². The number of halogens is 1. The Balaban J connectivity index is 2.55. The zero-order valence-corrected chi connectivity index (χ0v) is 10.6. The number of hydrogen-bond acceptors (Lipinski definition) is 2. The van der Waals surface area contributed by atoms with E-state index in [-0.39, 0.29) is 6.04 Å². The van der Waals surface area contributed by atoms with Crippen molar-refractivity contribution in [2.45, 2.75) is 45.1 Å². The SMILES string of the molecule is CC(C)c1nc(Br)c2n1C(C=O)CCC2. The molecule has 1 aromatic rings. The highest BCUT2D eigenvalue weighted by atomic mass is 79.9. The molecule has 82 valence electrons. The standard InChI is InChI=1S/C11H15BrN2O/c1-7(2)11-13-10(12)9-5-3-4-8(6-15)14(9)11/h6-8H,3-5H2,1-2H3. The second-order valence-electron chi connectivity index (χ2n) is 4.33. The lowest BCUT2D eigenvalue weighted by atomic mass is 10.0. The van der Waals surface area contributed by atoms with Gasteiger partial charge in [-0.3, -0.25) is 0 Å². The molecule has 0 amide bonds. The highest BCUT2D eigenvalue weighted by Gasteiger charge is 2.26. The molecule has 2 rings (SSSR count). The number of imidazole rings is 1. The first-order chi connectivity index (χ1) is 7.15. The van der Waals surface area contributed by atoms with Gasteiger partial charge in [-0.25, -0.2) is 4.98 Å². The fraction of sp³-hybridized carbons (Fsp3) is 0.636. The molecule has 0 N–H and O–H groups in total. The Kier molecular flexibility index (Phi) is 2.96. The van der Waals surface area contributed by atoms with E-state index < -0.39 is 0 Å². The van der Waals surface area contributed by atoms with Crippen LogP contribution in [0.4, 0.5) is 0 Å². The van der Waals surface area contributed by atoms with Crippen molar-refractivity contribution in [3.05, 3.63) is 16.1 Å². The van der Waals surface area contributed by atoms with E-state index in [4.69, 9.17) is 0 Å². The molecule has 0 radical (unpaired) electrons. The molecule has 15 heavy (non-hydrogen) atoms. The van der Waals surface area contributed by atoms with E-state index >= 15 is 0 Å². The molecule has 1 aromatic heterocycles. The van der Waals surface area contributed by atoms with Crippen LogP contribution >= 0.6 is 15.9 Å². The molecule has 1 unspecified atom stereocenters. The van der Waals surface area contributed by atoms with Gasteiger partial charge in [0, 0.05) is 5.92 Å². The Bertz CT molecular complexity index is 384. The van der Waals surface area contributed by atoms with E-state index in [0.717, 1.165) is 36.0 Å². The van der Waals surface area contributed by atoms with Crippen LogP contribution in [0.25, 0.3) is 0 Å². The smallest absolute Gasteiger partial charge is 0.142 e. The molecule has 1 atom stereocenters. The summed E-state index contributed by atoms with van der Waals surface area (Å²) in [6.07, 6.45) is 4.08. The molecule has 4 heteroatoms. The van der Waals surface area contributed by atoms with Crippen molar-refractivity contribution in [2.24, 2.45) is 0 Å². The lowest BCUT2D eigenvalue weighted by molar-refractivity contribution is -0.111. The summed E-state index contributed by atoms with van der Waals surface area (Å²) in [7, 11) is 0. The third kappa shape index (κ3) is 1.75. The van der Waals surface area contributed by atoms with Crippen molar-refractivity contribution in [2.75, 3.05) is 0 Å². The Morgan fingerprint density at radius 2 is 2.33 bits per heavy atom. The van der Waals surface area contributed by atoms with Gasteiger partial charge in [-0.15, -0.1) is 0 Å². The predicted octanol–water partition coefficient (Wildman–Crippen LogP) is 2.85. The Morgan fingerprint density at radius 1 is 1.60 bits per heavy atom. The van der Waals surface area contributed by atoms with E-state index in [9.17, 15) is 4.79 Å². The molecule has 0 saturated carbocycles. The number of fused-ring (bicyclic) bond motifs is 1. The van der Waals surface area contributed by atoms with Crippen LogP contribution in [0.5, 0.6) is 0 Å². The second-order valence-corrected chi connectivity index (χ2v) is 5.08.